The molecule has 0 amide bonds. The number of methoxy groups -OCH3 is 1. The van der Waals surface area contributed by atoms with Crippen molar-refractivity contribution in [3.05, 3.63) is 99.3 Å². The van der Waals surface area contributed by atoms with Crippen LogP contribution in [0, 0.1) is 5.82 Å². The normalized spacial score (nSPS) is 11.1. The fourth-order valence-electron chi connectivity index (χ4n) is 4.23. The number of carbonyl (C=O) groups excluding carboxylic acids is 1. The van der Waals surface area contributed by atoms with Crippen molar-refractivity contribution in [3.63, 3.8) is 0 Å². The molecule has 0 fully saturated rings. The van der Waals surface area contributed by atoms with E-state index in [1.54, 1.807) is 24.3 Å². The van der Waals surface area contributed by atoms with Gasteiger partial charge in [0, 0.05) is 34.5 Å². The van der Waals surface area contributed by atoms with Crippen LogP contribution in [0.2, 0.25) is 0 Å². The summed E-state index contributed by atoms with van der Waals surface area (Å²) in [5.74, 6) is 0.465. The predicted molar refractivity (Wildman–Crippen MR) is 146 cm³/mol. The average Bonchev–Trinajstić information content (AvgIpc) is 3.42. The van der Waals surface area contributed by atoms with E-state index in [9.17, 15) is 14.0 Å². The molecule has 0 aliphatic heterocycles. The van der Waals surface area contributed by atoms with E-state index in [0.717, 1.165) is 15.6 Å². The maximum atomic E-state index is 13.6. The standard InChI is InChI=1S/C29H23BrFN3O4/c1-37-28(35)5-3-2-4-27-32-25-16-19(24-17-26(38-33-24)18-6-9-20(30)10-7-18)8-15-23(25)29(36)34(27)22-13-11-21(31)12-14-22/h6-17H,2-5H2,1H3. The van der Waals surface area contributed by atoms with Crippen molar-refractivity contribution in [1.82, 2.24) is 14.7 Å². The van der Waals surface area contributed by atoms with Gasteiger partial charge in [-0.15, -0.1) is 0 Å². The van der Waals surface area contributed by atoms with E-state index < -0.39 is 5.82 Å². The van der Waals surface area contributed by atoms with Crippen LogP contribution in [-0.4, -0.2) is 27.8 Å². The molecule has 0 unspecified atom stereocenters. The van der Waals surface area contributed by atoms with Crippen molar-refractivity contribution in [1.29, 1.82) is 0 Å². The second-order valence-electron chi connectivity index (χ2n) is 8.74. The van der Waals surface area contributed by atoms with Gasteiger partial charge in [-0.3, -0.25) is 14.2 Å². The number of fused-ring (bicyclic) bond motifs is 1. The maximum absolute atomic E-state index is 13.6. The number of hydrogen-bond donors (Lipinski definition) is 0. The molecule has 5 aromatic rings. The van der Waals surface area contributed by atoms with Crippen molar-refractivity contribution < 1.29 is 18.4 Å². The summed E-state index contributed by atoms with van der Waals surface area (Å²) in [6, 6.07) is 20.6. The van der Waals surface area contributed by atoms with Gasteiger partial charge in [0.05, 0.1) is 23.7 Å². The summed E-state index contributed by atoms with van der Waals surface area (Å²) in [4.78, 5) is 29.9. The molecule has 192 valence electrons. The van der Waals surface area contributed by atoms with Gasteiger partial charge in [0.15, 0.2) is 5.76 Å². The van der Waals surface area contributed by atoms with Crippen molar-refractivity contribution in [3.8, 4) is 28.3 Å². The van der Waals surface area contributed by atoms with Gasteiger partial charge in [0.2, 0.25) is 0 Å². The molecule has 3 aromatic carbocycles. The molecule has 0 atom stereocenters. The lowest BCUT2D eigenvalue weighted by Crippen LogP contribution is -2.24. The molecule has 0 N–H and O–H groups in total. The molecule has 0 bridgehead atoms. The Kier molecular flexibility index (Phi) is 7.46. The summed E-state index contributed by atoms with van der Waals surface area (Å²) in [7, 11) is 1.35. The minimum Gasteiger partial charge on any atom is -0.469 e. The molecule has 0 saturated carbocycles. The molecule has 0 saturated heterocycles. The number of carbonyl (C=O) groups is 1. The second kappa shape index (κ2) is 11.1. The lowest BCUT2D eigenvalue weighted by Gasteiger charge is -2.14. The van der Waals surface area contributed by atoms with Crippen molar-refractivity contribution >= 4 is 32.8 Å². The molecule has 38 heavy (non-hydrogen) atoms. The van der Waals surface area contributed by atoms with E-state index in [-0.39, 0.29) is 17.9 Å². The molecule has 0 aliphatic carbocycles. The lowest BCUT2D eigenvalue weighted by molar-refractivity contribution is -0.140. The molecule has 0 aliphatic rings. The SMILES string of the molecule is COC(=O)CCCCc1nc2cc(-c3cc(-c4ccc(Br)cc4)on3)ccc2c(=O)n1-c1ccc(F)cc1. The first-order chi connectivity index (χ1) is 18.4. The molecule has 0 spiro atoms. The fourth-order valence-corrected chi connectivity index (χ4v) is 4.50. The Bertz CT molecular complexity index is 1660. The largest absolute Gasteiger partial charge is 0.469 e. The zero-order valence-corrected chi connectivity index (χ0v) is 22.1. The molecule has 7 nitrogen and oxygen atoms in total. The highest BCUT2D eigenvalue weighted by atomic mass is 79.9. The summed E-state index contributed by atoms with van der Waals surface area (Å²) in [6.07, 6.45) is 1.93. The Hall–Kier alpha value is -4.11. The number of hydrogen-bond acceptors (Lipinski definition) is 6. The second-order valence-corrected chi connectivity index (χ2v) is 9.66. The third kappa shape index (κ3) is 5.43. The highest BCUT2D eigenvalue weighted by molar-refractivity contribution is 9.10. The van der Waals surface area contributed by atoms with Crippen LogP contribution < -0.4 is 5.56 Å². The minimum atomic E-state index is -0.394. The highest BCUT2D eigenvalue weighted by Crippen LogP contribution is 2.28. The summed E-state index contributed by atoms with van der Waals surface area (Å²) >= 11 is 3.43. The van der Waals surface area contributed by atoms with E-state index in [4.69, 9.17) is 14.2 Å². The zero-order valence-electron chi connectivity index (χ0n) is 20.5. The Morgan fingerprint density at radius 1 is 1.00 bits per heavy atom. The number of aryl methyl sites for hydroxylation is 1. The number of aromatic nitrogens is 3. The monoisotopic (exact) mass is 575 g/mol. The molecular weight excluding hydrogens is 553 g/mol. The van der Waals surface area contributed by atoms with Crippen LogP contribution >= 0.6 is 15.9 Å². The van der Waals surface area contributed by atoms with Gasteiger partial charge in [-0.1, -0.05) is 39.3 Å². The average molecular weight is 576 g/mol. The number of rotatable bonds is 8. The van der Waals surface area contributed by atoms with E-state index in [2.05, 4.69) is 21.1 Å². The molecule has 2 aromatic heterocycles. The number of nitrogens with zero attached hydrogens (tertiary/aromatic N) is 3. The van der Waals surface area contributed by atoms with Crippen LogP contribution in [-0.2, 0) is 16.0 Å². The maximum Gasteiger partial charge on any atom is 0.305 e. The number of esters is 1. The van der Waals surface area contributed by atoms with Crippen molar-refractivity contribution in [2.75, 3.05) is 7.11 Å². The molecule has 9 heteroatoms. The predicted octanol–water partition coefficient (Wildman–Crippen LogP) is 6.50. The van der Waals surface area contributed by atoms with Crippen LogP contribution in [0.1, 0.15) is 25.1 Å². The van der Waals surface area contributed by atoms with Crippen LogP contribution in [0.5, 0.6) is 0 Å². The molecule has 2 heterocycles. The first kappa shape index (κ1) is 25.5. The number of unbranched alkanes of at least 4 members (excludes halogenated alkanes) is 1. The van der Waals surface area contributed by atoms with E-state index in [1.165, 1.54) is 23.8 Å². The van der Waals surface area contributed by atoms with E-state index in [1.807, 2.05) is 36.4 Å². The van der Waals surface area contributed by atoms with Crippen LogP contribution in [0.15, 0.2) is 86.6 Å². The van der Waals surface area contributed by atoms with E-state index >= 15 is 0 Å². The topological polar surface area (TPSA) is 87.2 Å². The van der Waals surface area contributed by atoms with Gasteiger partial charge >= 0.3 is 5.97 Å². The van der Waals surface area contributed by atoms with Crippen LogP contribution in [0.25, 0.3) is 39.2 Å². The number of benzene rings is 3. The van der Waals surface area contributed by atoms with E-state index in [0.29, 0.717) is 53.1 Å². The summed E-state index contributed by atoms with van der Waals surface area (Å²) in [5, 5.41) is 4.64. The number of ether oxygens (including phenoxy) is 1. The summed E-state index contributed by atoms with van der Waals surface area (Å²) < 4.78 is 26.3. The number of halogens is 2. The van der Waals surface area contributed by atoms with Gasteiger partial charge in [0.1, 0.15) is 17.3 Å². The Balaban J connectivity index is 1.53. The van der Waals surface area contributed by atoms with Gasteiger partial charge in [-0.05, 0) is 61.4 Å². The molecule has 5 rings (SSSR count). The third-order valence-corrected chi connectivity index (χ3v) is 6.75. The van der Waals surface area contributed by atoms with Gasteiger partial charge < -0.3 is 9.26 Å². The first-order valence-electron chi connectivity index (χ1n) is 12.0. The zero-order chi connectivity index (χ0) is 26.6. The quantitative estimate of drug-likeness (QED) is 0.155. The fraction of sp³-hybridized carbons (Fsp3) is 0.172. The third-order valence-electron chi connectivity index (χ3n) is 6.22. The Morgan fingerprint density at radius 3 is 2.47 bits per heavy atom. The Morgan fingerprint density at radius 2 is 1.74 bits per heavy atom. The lowest BCUT2D eigenvalue weighted by atomic mass is 10.1. The van der Waals surface area contributed by atoms with Gasteiger partial charge in [-0.2, -0.15) is 0 Å². The van der Waals surface area contributed by atoms with Crippen molar-refractivity contribution in [2.24, 2.45) is 0 Å². The Labute approximate surface area is 226 Å². The van der Waals surface area contributed by atoms with Gasteiger partial charge in [-0.25, -0.2) is 9.37 Å². The van der Waals surface area contributed by atoms with Gasteiger partial charge in [0.25, 0.3) is 5.56 Å². The summed E-state index contributed by atoms with van der Waals surface area (Å²) in [5.41, 5.74) is 3.05. The summed E-state index contributed by atoms with van der Waals surface area (Å²) in [6.45, 7) is 0. The van der Waals surface area contributed by atoms with Crippen molar-refractivity contribution in [2.45, 2.75) is 25.7 Å². The molecular formula is C29H23BrFN3O4. The highest BCUT2D eigenvalue weighted by Gasteiger charge is 2.16. The minimum absolute atomic E-state index is 0.258. The van der Waals surface area contributed by atoms with Crippen LogP contribution in [0.4, 0.5) is 4.39 Å². The smallest absolute Gasteiger partial charge is 0.305 e. The first-order valence-corrected chi connectivity index (χ1v) is 12.8. The van der Waals surface area contributed by atoms with Crippen LogP contribution in [0.3, 0.4) is 0 Å². The molecule has 0 radical (unpaired) electrons.